The summed E-state index contributed by atoms with van der Waals surface area (Å²) in [6.07, 6.45) is 4.13. The molecular weight excluding hydrogens is 262 g/mol. The lowest BCUT2D eigenvalue weighted by molar-refractivity contribution is -0.0609. The van der Waals surface area contributed by atoms with Crippen LogP contribution >= 0.6 is 11.8 Å². The quantitative estimate of drug-likeness (QED) is 0.773. The van der Waals surface area contributed by atoms with Gasteiger partial charge in [0, 0.05) is 7.11 Å². The topological polar surface area (TPSA) is 71.9 Å². The maximum Gasteiger partial charge on any atom is 0.236 e. The van der Waals surface area contributed by atoms with Crippen LogP contribution in [0.5, 0.6) is 0 Å². The van der Waals surface area contributed by atoms with E-state index in [1.165, 1.54) is 11.8 Å². The minimum Gasteiger partial charge on any atom is -0.370 e. The van der Waals surface area contributed by atoms with Crippen LogP contribution in [0, 0.1) is 17.2 Å². The zero-order valence-corrected chi connectivity index (χ0v) is 12.2. The molecule has 0 radical (unpaired) electrons. The van der Waals surface area contributed by atoms with Crippen LogP contribution in [0.15, 0.2) is 4.52 Å². The molecule has 6 heteroatoms. The molecule has 1 saturated carbocycles. The zero-order valence-electron chi connectivity index (χ0n) is 11.4. The van der Waals surface area contributed by atoms with Crippen molar-refractivity contribution in [1.82, 2.24) is 10.1 Å². The number of hydrogen-bond donors (Lipinski definition) is 0. The lowest BCUT2D eigenvalue weighted by atomic mass is 9.79. The molecule has 0 aromatic carbocycles. The Morgan fingerprint density at radius 2 is 2.26 bits per heavy atom. The fraction of sp³-hybridized carbons (Fsp3) is 0.769. The van der Waals surface area contributed by atoms with E-state index in [0.717, 1.165) is 31.6 Å². The van der Waals surface area contributed by atoms with Crippen molar-refractivity contribution in [3.63, 3.8) is 0 Å². The number of rotatable bonds is 5. The van der Waals surface area contributed by atoms with Gasteiger partial charge < -0.3 is 9.26 Å². The summed E-state index contributed by atoms with van der Waals surface area (Å²) in [6.45, 7) is 2.26. The first-order valence-electron chi connectivity index (χ1n) is 6.53. The lowest BCUT2D eigenvalue weighted by Gasteiger charge is -2.35. The Hall–Kier alpha value is -1.06. The maximum atomic E-state index is 8.50. The summed E-state index contributed by atoms with van der Waals surface area (Å²) in [5.41, 5.74) is -0.381. The molecule has 0 unspecified atom stereocenters. The third kappa shape index (κ3) is 3.28. The van der Waals surface area contributed by atoms with E-state index in [4.69, 9.17) is 14.5 Å². The SMILES string of the molecule is COC1(c2noc(CSCC#N)n2)CCC(C)CC1. The third-order valence-corrected chi connectivity index (χ3v) is 4.52. The zero-order chi connectivity index (χ0) is 13.7. The van der Waals surface area contributed by atoms with Crippen LogP contribution in [0.3, 0.4) is 0 Å². The molecule has 0 bridgehead atoms. The summed E-state index contributed by atoms with van der Waals surface area (Å²) in [6, 6.07) is 2.08. The molecule has 0 amide bonds. The van der Waals surface area contributed by atoms with E-state index in [-0.39, 0.29) is 5.60 Å². The molecule has 0 saturated heterocycles. The van der Waals surface area contributed by atoms with Gasteiger partial charge in [-0.1, -0.05) is 12.1 Å². The highest BCUT2D eigenvalue weighted by Crippen LogP contribution is 2.40. The Morgan fingerprint density at radius 1 is 1.53 bits per heavy atom. The molecule has 0 aliphatic heterocycles. The number of thioether (sulfide) groups is 1. The van der Waals surface area contributed by atoms with Crippen LogP contribution in [-0.2, 0) is 16.1 Å². The smallest absolute Gasteiger partial charge is 0.236 e. The summed E-state index contributed by atoms with van der Waals surface area (Å²) >= 11 is 1.48. The van der Waals surface area contributed by atoms with Gasteiger partial charge in [-0.2, -0.15) is 10.2 Å². The van der Waals surface area contributed by atoms with E-state index in [1.807, 2.05) is 0 Å². The van der Waals surface area contributed by atoms with Crippen molar-refractivity contribution in [3.8, 4) is 6.07 Å². The third-order valence-electron chi connectivity index (χ3n) is 3.74. The van der Waals surface area contributed by atoms with E-state index < -0.39 is 0 Å². The molecule has 2 rings (SSSR count). The molecule has 1 aromatic heterocycles. The van der Waals surface area contributed by atoms with Gasteiger partial charge in [0.1, 0.15) is 5.60 Å². The number of nitrogens with zero attached hydrogens (tertiary/aromatic N) is 3. The van der Waals surface area contributed by atoms with Crippen molar-refractivity contribution >= 4 is 11.8 Å². The Balaban J connectivity index is 2.05. The van der Waals surface area contributed by atoms with E-state index in [0.29, 0.717) is 23.2 Å². The number of hydrogen-bond acceptors (Lipinski definition) is 6. The molecule has 1 aliphatic carbocycles. The number of nitriles is 1. The molecule has 1 heterocycles. The van der Waals surface area contributed by atoms with Crippen LogP contribution in [0.1, 0.15) is 44.3 Å². The second kappa shape index (κ2) is 6.40. The van der Waals surface area contributed by atoms with Gasteiger partial charge in [0.05, 0.1) is 17.6 Å². The summed E-state index contributed by atoms with van der Waals surface area (Å²) in [4.78, 5) is 4.44. The minimum atomic E-state index is -0.381. The molecule has 5 nitrogen and oxygen atoms in total. The molecule has 0 atom stereocenters. The summed E-state index contributed by atoms with van der Waals surface area (Å²) < 4.78 is 11.0. The van der Waals surface area contributed by atoms with Crippen molar-refractivity contribution in [1.29, 1.82) is 5.26 Å². The van der Waals surface area contributed by atoms with Crippen molar-refractivity contribution in [2.24, 2.45) is 5.92 Å². The second-order valence-corrected chi connectivity index (χ2v) is 6.03. The number of methoxy groups -OCH3 is 1. The van der Waals surface area contributed by atoms with Crippen LogP contribution in [0.4, 0.5) is 0 Å². The first kappa shape index (κ1) is 14.4. The molecule has 104 valence electrons. The predicted molar refractivity (Wildman–Crippen MR) is 72.4 cm³/mol. The summed E-state index contributed by atoms with van der Waals surface area (Å²) in [5, 5.41) is 12.6. The van der Waals surface area contributed by atoms with Crippen molar-refractivity contribution < 1.29 is 9.26 Å². The van der Waals surface area contributed by atoms with Gasteiger partial charge in [-0.3, -0.25) is 0 Å². The molecule has 0 spiro atoms. The van der Waals surface area contributed by atoms with E-state index in [2.05, 4.69) is 23.1 Å². The summed E-state index contributed by atoms with van der Waals surface area (Å²) in [7, 11) is 1.72. The van der Waals surface area contributed by atoms with Crippen LogP contribution in [0.25, 0.3) is 0 Å². The van der Waals surface area contributed by atoms with Gasteiger partial charge in [0.2, 0.25) is 11.7 Å². The van der Waals surface area contributed by atoms with Crippen molar-refractivity contribution in [3.05, 3.63) is 11.7 Å². The largest absolute Gasteiger partial charge is 0.370 e. The first-order chi connectivity index (χ1) is 9.20. The monoisotopic (exact) mass is 281 g/mol. The first-order valence-corrected chi connectivity index (χ1v) is 7.68. The molecular formula is C13H19N3O2S. The Labute approximate surface area is 117 Å². The molecule has 0 N–H and O–H groups in total. The number of ether oxygens (including phenoxy) is 1. The van der Waals surface area contributed by atoms with Crippen molar-refractivity contribution in [2.75, 3.05) is 12.9 Å². The van der Waals surface area contributed by atoms with E-state index in [1.54, 1.807) is 7.11 Å². The number of aromatic nitrogens is 2. The van der Waals surface area contributed by atoms with Gasteiger partial charge in [0.25, 0.3) is 0 Å². The maximum absolute atomic E-state index is 8.50. The minimum absolute atomic E-state index is 0.381. The van der Waals surface area contributed by atoms with Gasteiger partial charge in [-0.25, -0.2) is 0 Å². The molecule has 1 fully saturated rings. The second-order valence-electron chi connectivity index (χ2n) is 5.04. The van der Waals surface area contributed by atoms with E-state index >= 15 is 0 Å². The Bertz CT molecular complexity index is 447. The van der Waals surface area contributed by atoms with Crippen molar-refractivity contribution in [2.45, 2.75) is 44.0 Å². The van der Waals surface area contributed by atoms with Gasteiger partial charge in [-0.15, -0.1) is 11.8 Å². The highest BCUT2D eigenvalue weighted by atomic mass is 32.2. The predicted octanol–water partition coefficient (Wildman–Crippen LogP) is 2.88. The molecule has 1 aromatic rings. The van der Waals surface area contributed by atoms with Gasteiger partial charge >= 0.3 is 0 Å². The average molecular weight is 281 g/mol. The highest BCUT2D eigenvalue weighted by Gasteiger charge is 2.40. The normalized spacial score (nSPS) is 27.1. The van der Waals surface area contributed by atoms with Crippen LogP contribution in [0.2, 0.25) is 0 Å². The van der Waals surface area contributed by atoms with E-state index in [9.17, 15) is 0 Å². The molecule has 19 heavy (non-hydrogen) atoms. The fourth-order valence-electron chi connectivity index (χ4n) is 2.43. The Morgan fingerprint density at radius 3 is 2.89 bits per heavy atom. The Kier molecular flexibility index (Phi) is 4.83. The lowest BCUT2D eigenvalue weighted by Crippen LogP contribution is -2.34. The molecule has 1 aliphatic rings. The standard InChI is InChI=1S/C13H19N3O2S/c1-10-3-5-13(17-2,6-4-10)12-15-11(18-16-12)9-19-8-7-14/h10H,3-6,8-9H2,1-2H3. The highest BCUT2D eigenvalue weighted by molar-refractivity contribution is 7.98. The summed E-state index contributed by atoms with van der Waals surface area (Å²) in [5.74, 6) is 2.99. The van der Waals surface area contributed by atoms with Gasteiger partial charge in [0.15, 0.2) is 0 Å². The average Bonchev–Trinajstić information content (AvgIpc) is 2.90. The van der Waals surface area contributed by atoms with Gasteiger partial charge in [-0.05, 0) is 31.6 Å². The fourth-order valence-corrected chi connectivity index (χ4v) is 2.92. The van der Waals surface area contributed by atoms with Crippen LogP contribution < -0.4 is 0 Å². The van der Waals surface area contributed by atoms with Crippen LogP contribution in [-0.4, -0.2) is 23.0 Å².